The maximum Gasteiger partial charge on any atom is 0.191 e. The van der Waals surface area contributed by atoms with E-state index in [-0.39, 0.29) is 0 Å². The first kappa shape index (κ1) is 19.6. The van der Waals surface area contributed by atoms with Crippen molar-refractivity contribution in [2.24, 2.45) is 4.99 Å². The van der Waals surface area contributed by atoms with Crippen molar-refractivity contribution < 1.29 is 4.74 Å². The van der Waals surface area contributed by atoms with E-state index in [0.717, 1.165) is 71.5 Å². The molecule has 0 aromatic carbocycles. The molecular weight excluding hydrogens is 346 g/mol. The van der Waals surface area contributed by atoms with E-state index < -0.39 is 0 Å². The number of thiophene rings is 1. The van der Waals surface area contributed by atoms with E-state index in [1.165, 1.54) is 12.0 Å². The van der Waals surface area contributed by atoms with Crippen LogP contribution in [-0.4, -0.2) is 80.8 Å². The summed E-state index contributed by atoms with van der Waals surface area (Å²) in [5, 5.41) is 9.09. The predicted molar refractivity (Wildman–Crippen MR) is 109 cm³/mol. The molecule has 1 unspecified atom stereocenters. The lowest BCUT2D eigenvalue weighted by molar-refractivity contribution is 0.0220. The van der Waals surface area contributed by atoms with Crippen molar-refractivity contribution in [3.63, 3.8) is 0 Å². The molecule has 26 heavy (non-hydrogen) atoms. The fraction of sp³-hybridized carbons (Fsp3) is 0.737. The second kappa shape index (κ2) is 10.3. The summed E-state index contributed by atoms with van der Waals surface area (Å²) in [6.45, 7) is 14.0. The summed E-state index contributed by atoms with van der Waals surface area (Å²) in [5.41, 5.74) is 1.51. The first-order valence-corrected chi connectivity index (χ1v) is 10.8. The molecule has 2 aliphatic rings. The zero-order valence-corrected chi connectivity index (χ0v) is 17.0. The molecule has 0 radical (unpaired) electrons. The molecule has 1 fully saturated rings. The smallest absolute Gasteiger partial charge is 0.191 e. The van der Waals surface area contributed by atoms with Gasteiger partial charge in [-0.05, 0) is 37.3 Å². The van der Waals surface area contributed by atoms with Gasteiger partial charge in [0.25, 0.3) is 0 Å². The molecular formula is C19H33N5OS. The zero-order chi connectivity index (χ0) is 18.2. The lowest BCUT2D eigenvalue weighted by atomic mass is 10.1. The molecule has 146 valence electrons. The SMILES string of the molecule is CCNC(=NCC(C)N1CCOCC1)NCCN1CCc2sccc2C1. The van der Waals surface area contributed by atoms with Gasteiger partial charge in [-0.3, -0.25) is 14.8 Å². The number of hydrogen-bond donors (Lipinski definition) is 2. The lowest BCUT2D eigenvalue weighted by Gasteiger charge is -2.31. The molecule has 0 amide bonds. The third-order valence-corrected chi connectivity index (χ3v) is 6.16. The number of fused-ring (bicyclic) bond motifs is 1. The van der Waals surface area contributed by atoms with Crippen LogP contribution in [0.2, 0.25) is 0 Å². The molecule has 0 aliphatic carbocycles. The highest BCUT2D eigenvalue weighted by Crippen LogP contribution is 2.23. The Morgan fingerprint density at radius 1 is 1.31 bits per heavy atom. The Morgan fingerprint density at radius 3 is 2.96 bits per heavy atom. The van der Waals surface area contributed by atoms with Gasteiger partial charge in [-0.1, -0.05) is 0 Å². The Balaban J connectivity index is 1.41. The molecule has 0 bridgehead atoms. The second-order valence-corrected chi connectivity index (χ2v) is 8.04. The maximum absolute atomic E-state index is 5.44. The van der Waals surface area contributed by atoms with Crippen molar-refractivity contribution in [2.75, 3.05) is 59.0 Å². The molecule has 0 saturated carbocycles. The van der Waals surface area contributed by atoms with Crippen LogP contribution >= 0.6 is 11.3 Å². The van der Waals surface area contributed by atoms with E-state index in [0.29, 0.717) is 6.04 Å². The van der Waals surface area contributed by atoms with E-state index in [4.69, 9.17) is 9.73 Å². The van der Waals surface area contributed by atoms with Crippen LogP contribution in [0.1, 0.15) is 24.3 Å². The van der Waals surface area contributed by atoms with Crippen LogP contribution in [0.15, 0.2) is 16.4 Å². The molecule has 1 saturated heterocycles. The summed E-state index contributed by atoms with van der Waals surface area (Å²) in [6, 6.07) is 2.73. The monoisotopic (exact) mass is 379 g/mol. The highest BCUT2D eigenvalue weighted by molar-refractivity contribution is 7.10. The molecule has 1 aromatic heterocycles. The third kappa shape index (κ3) is 5.67. The fourth-order valence-electron chi connectivity index (χ4n) is 3.53. The minimum atomic E-state index is 0.452. The van der Waals surface area contributed by atoms with Gasteiger partial charge in [0.05, 0.1) is 19.8 Å². The molecule has 6 nitrogen and oxygen atoms in total. The summed E-state index contributed by atoms with van der Waals surface area (Å²) in [7, 11) is 0. The van der Waals surface area contributed by atoms with Crippen LogP contribution in [0.5, 0.6) is 0 Å². The predicted octanol–water partition coefficient (Wildman–Crippen LogP) is 1.38. The normalized spacial score (nSPS) is 20.6. The molecule has 0 spiro atoms. The van der Waals surface area contributed by atoms with Crippen LogP contribution in [0.3, 0.4) is 0 Å². The van der Waals surface area contributed by atoms with Gasteiger partial charge in [0.1, 0.15) is 0 Å². The van der Waals surface area contributed by atoms with Crippen LogP contribution in [0, 0.1) is 0 Å². The molecule has 2 N–H and O–H groups in total. The summed E-state index contributed by atoms with van der Waals surface area (Å²) in [4.78, 5) is 11.4. The standard InChI is InChI=1S/C19H33N5OS/c1-3-20-19(22-14-16(2)24-9-11-25-12-10-24)21-6-8-23-7-4-18-17(15-23)5-13-26-18/h5,13,16H,3-4,6-12,14-15H2,1-2H3,(H2,20,21,22). The summed E-state index contributed by atoms with van der Waals surface area (Å²) in [5.74, 6) is 0.931. The van der Waals surface area contributed by atoms with Gasteiger partial charge in [0.2, 0.25) is 0 Å². The van der Waals surface area contributed by atoms with Crippen molar-refractivity contribution in [1.29, 1.82) is 0 Å². The molecule has 7 heteroatoms. The van der Waals surface area contributed by atoms with Crippen LogP contribution in [-0.2, 0) is 17.7 Å². The summed E-state index contributed by atoms with van der Waals surface area (Å²) in [6.07, 6.45) is 1.19. The fourth-order valence-corrected chi connectivity index (χ4v) is 4.42. The largest absolute Gasteiger partial charge is 0.379 e. The van der Waals surface area contributed by atoms with Crippen LogP contribution < -0.4 is 10.6 Å². The van der Waals surface area contributed by atoms with Gasteiger partial charge in [0.15, 0.2) is 5.96 Å². The van der Waals surface area contributed by atoms with Crippen molar-refractivity contribution in [3.8, 4) is 0 Å². The molecule has 1 atom stereocenters. The Kier molecular flexibility index (Phi) is 7.73. The molecule has 2 aliphatic heterocycles. The van der Waals surface area contributed by atoms with Gasteiger partial charge >= 0.3 is 0 Å². The van der Waals surface area contributed by atoms with Crippen LogP contribution in [0.4, 0.5) is 0 Å². The van der Waals surface area contributed by atoms with E-state index in [1.54, 1.807) is 4.88 Å². The van der Waals surface area contributed by atoms with Gasteiger partial charge in [0, 0.05) is 56.7 Å². The quantitative estimate of drug-likeness (QED) is 0.554. The number of rotatable bonds is 7. The summed E-state index contributed by atoms with van der Waals surface area (Å²) < 4.78 is 5.44. The minimum Gasteiger partial charge on any atom is -0.379 e. The van der Waals surface area contributed by atoms with E-state index in [1.807, 2.05) is 11.3 Å². The maximum atomic E-state index is 5.44. The Morgan fingerprint density at radius 2 is 2.15 bits per heavy atom. The van der Waals surface area contributed by atoms with Gasteiger partial charge in [-0.2, -0.15) is 0 Å². The highest BCUT2D eigenvalue weighted by Gasteiger charge is 2.18. The number of ether oxygens (including phenoxy) is 1. The first-order valence-electron chi connectivity index (χ1n) is 9.88. The number of nitrogens with one attached hydrogen (secondary N) is 2. The van der Waals surface area contributed by atoms with Gasteiger partial charge in [-0.25, -0.2) is 0 Å². The molecule has 3 heterocycles. The van der Waals surface area contributed by atoms with Crippen molar-refractivity contribution in [2.45, 2.75) is 32.9 Å². The number of aliphatic imine (C=N–C) groups is 1. The lowest BCUT2D eigenvalue weighted by Crippen LogP contribution is -2.45. The average molecular weight is 380 g/mol. The Hall–Kier alpha value is -1.15. The topological polar surface area (TPSA) is 52.1 Å². The molecule has 3 rings (SSSR count). The number of morpholine rings is 1. The van der Waals surface area contributed by atoms with Crippen LogP contribution in [0.25, 0.3) is 0 Å². The Bertz CT molecular complexity index is 570. The Labute approximate surface area is 161 Å². The van der Waals surface area contributed by atoms with Crippen molar-refractivity contribution in [1.82, 2.24) is 20.4 Å². The van der Waals surface area contributed by atoms with Gasteiger partial charge in [-0.15, -0.1) is 11.3 Å². The highest BCUT2D eigenvalue weighted by atomic mass is 32.1. The van der Waals surface area contributed by atoms with E-state index in [2.05, 4.69) is 45.7 Å². The average Bonchev–Trinajstić information content (AvgIpc) is 3.14. The number of guanidine groups is 1. The van der Waals surface area contributed by atoms with E-state index in [9.17, 15) is 0 Å². The van der Waals surface area contributed by atoms with Crippen molar-refractivity contribution >= 4 is 17.3 Å². The number of hydrogen-bond acceptors (Lipinski definition) is 5. The number of nitrogens with zero attached hydrogens (tertiary/aromatic N) is 3. The zero-order valence-electron chi connectivity index (χ0n) is 16.2. The second-order valence-electron chi connectivity index (χ2n) is 7.04. The van der Waals surface area contributed by atoms with Crippen molar-refractivity contribution in [3.05, 3.63) is 21.9 Å². The van der Waals surface area contributed by atoms with E-state index >= 15 is 0 Å². The first-order chi connectivity index (χ1) is 12.8. The third-order valence-electron chi connectivity index (χ3n) is 5.13. The summed E-state index contributed by atoms with van der Waals surface area (Å²) >= 11 is 1.90. The molecule has 1 aromatic rings. The minimum absolute atomic E-state index is 0.452. The van der Waals surface area contributed by atoms with Gasteiger partial charge < -0.3 is 15.4 Å².